The summed E-state index contributed by atoms with van der Waals surface area (Å²) in [5.41, 5.74) is 3.15. The Morgan fingerprint density at radius 3 is 2.11 bits per heavy atom. The van der Waals surface area contributed by atoms with Crippen LogP contribution in [0.5, 0.6) is 0 Å². The minimum Gasteiger partial charge on any atom is -0.481 e. The molecule has 0 heterocycles. The summed E-state index contributed by atoms with van der Waals surface area (Å²) in [5.74, 6) is -1.14. The van der Waals surface area contributed by atoms with Gasteiger partial charge in [0.15, 0.2) is 0 Å². The Hall–Kier alpha value is -2.09. The molecule has 98 valence electrons. The molecule has 0 saturated heterocycles. The first-order valence-corrected chi connectivity index (χ1v) is 6.60. The lowest BCUT2D eigenvalue weighted by atomic mass is 9.93. The van der Waals surface area contributed by atoms with Gasteiger partial charge in [0.2, 0.25) is 0 Å². The molecule has 2 nitrogen and oxygen atoms in total. The normalized spacial score (nSPS) is 12.1. The van der Waals surface area contributed by atoms with Crippen molar-refractivity contribution in [2.24, 2.45) is 0 Å². The molecule has 19 heavy (non-hydrogen) atoms. The van der Waals surface area contributed by atoms with E-state index in [1.165, 1.54) is 0 Å². The lowest BCUT2D eigenvalue weighted by Gasteiger charge is -2.12. The first-order valence-electron chi connectivity index (χ1n) is 6.60. The monoisotopic (exact) mass is 254 g/mol. The number of hydrogen-bond donors (Lipinski definition) is 1. The Morgan fingerprint density at radius 2 is 1.58 bits per heavy atom. The van der Waals surface area contributed by atoms with Crippen LogP contribution in [0.3, 0.4) is 0 Å². The zero-order valence-corrected chi connectivity index (χ0v) is 11.0. The molecule has 0 amide bonds. The zero-order valence-electron chi connectivity index (χ0n) is 11.0. The predicted octanol–water partition coefficient (Wildman–Crippen LogP) is 4.32. The lowest BCUT2D eigenvalue weighted by molar-refractivity contribution is -0.139. The second kappa shape index (κ2) is 6.19. The number of aliphatic carboxylic acids is 1. The summed E-state index contributed by atoms with van der Waals surface area (Å²) < 4.78 is 0. The smallest absolute Gasteiger partial charge is 0.310 e. The molecule has 2 heteroatoms. The van der Waals surface area contributed by atoms with Crippen LogP contribution in [0.1, 0.15) is 31.2 Å². The van der Waals surface area contributed by atoms with Gasteiger partial charge in [-0.1, -0.05) is 67.9 Å². The highest BCUT2D eigenvalue weighted by Gasteiger charge is 2.18. The number of benzene rings is 2. The topological polar surface area (TPSA) is 37.3 Å². The summed E-state index contributed by atoms with van der Waals surface area (Å²) in [5, 5.41) is 9.24. The van der Waals surface area contributed by atoms with Gasteiger partial charge in [0.25, 0.3) is 0 Å². The molecule has 0 aliphatic carbocycles. The van der Waals surface area contributed by atoms with Crippen molar-refractivity contribution < 1.29 is 9.90 Å². The van der Waals surface area contributed by atoms with E-state index in [1.807, 2.05) is 49.4 Å². The van der Waals surface area contributed by atoms with Crippen LogP contribution in [0.25, 0.3) is 11.1 Å². The van der Waals surface area contributed by atoms with E-state index >= 15 is 0 Å². The molecule has 1 atom stereocenters. The minimum absolute atomic E-state index is 0.394. The summed E-state index contributed by atoms with van der Waals surface area (Å²) in [6.45, 7) is 2.01. The lowest BCUT2D eigenvalue weighted by Crippen LogP contribution is -2.11. The zero-order chi connectivity index (χ0) is 13.7. The third-order valence-corrected chi connectivity index (χ3v) is 3.30. The van der Waals surface area contributed by atoms with Crippen LogP contribution in [0.4, 0.5) is 0 Å². The van der Waals surface area contributed by atoms with E-state index in [0.29, 0.717) is 6.42 Å². The van der Waals surface area contributed by atoms with Gasteiger partial charge in [0.05, 0.1) is 5.92 Å². The van der Waals surface area contributed by atoms with Crippen molar-refractivity contribution in [3.05, 3.63) is 60.2 Å². The Morgan fingerprint density at radius 1 is 1.00 bits per heavy atom. The third kappa shape index (κ3) is 3.22. The number of carboxylic acid groups (broad SMARTS) is 1. The Balaban J connectivity index is 2.25. The summed E-state index contributed by atoms with van der Waals surface area (Å²) in [6.07, 6.45) is 1.55. The molecular weight excluding hydrogens is 236 g/mol. The molecule has 0 aromatic heterocycles. The second-order valence-corrected chi connectivity index (χ2v) is 4.67. The Bertz CT molecular complexity index is 529. The van der Waals surface area contributed by atoms with Gasteiger partial charge in [0.1, 0.15) is 0 Å². The number of carboxylic acids is 1. The maximum absolute atomic E-state index is 11.2. The number of hydrogen-bond acceptors (Lipinski definition) is 1. The fourth-order valence-electron chi connectivity index (χ4n) is 2.26. The molecule has 0 bridgehead atoms. The largest absolute Gasteiger partial charge is 0.481 e. The van der Waals surface area contributed by atoms with E-state index < -0.39 is 11.9 Å². The van der Waals surface area contributed by atoms with Crippen molar-refractivity contribution >= 4 is 5.97 Å². The Kier molecular flexibility index (Phi) is 4.35. The van der Waals surface area contributed by atoms with Gasteiger partial charge in [0, 0.05) is 0 Å². The van der Waals surface area contributed by atoms with Gasteiger partial charge in [-0.25, -0.2) is 0 Å². The standard InChI is InChI=1S/C17H18O2/c1-2-6-16(17(18)19)15-11-9-14(10-12-15)13-7-4-3-5-8-13/h3-5,7-12,16H,2,6H2,1H3,(H,18,19)/t16-/m1/s1. The predicted molar refractivity (Wildman–Crippen MR) is 77.2 cm³/mol. The van der Waals surface area contributed by atoms with Gasteiger partial charge in [-0.3, -0.25) is 4.79 Å². The van der Waals surface area contributed by atoms with Crippen molar-refractivity contribution in [3.8, 4) is 11.1 Å². The SMILES string of the molecule is CCC[C@@H](C(=O)O)c1ccc(-c2ccccc2)cc1. The first-order chi connectivity index (χ1) is 9.22. The van der Waals surface area contributed by atoms with E-state index in [2.05, 4.69) is 12.1 Å². The molecule has 0 radical (unpaired) electrons. The highest BCUT2D eigenvalue weighted by atomic mass is 16.4. The molecule has 0 aliphatic rings. The van der Waals surface area contributed by atoms with Crippen molar-refractivity contribution in [1.29, 1.82) is 0 Å². The molecule has 1 N–H and O–H groups in total. The van der Waals surface area contributed by atoms with Gasteiger partial charge in [-0.15, -0.1) is 0 Å². The summed E-state index contributed by atoms with van der Waals surface area (Å²) in [7, 11) is 0. The van der Waals surface area contributed by atoms with Crippen LogP contribution >= 0.6 is 0 Å². The third-order valence-electron chi connectivity index (χ3n) is 3.30. The minimum atomic E-state index is -0.741. The van der Waals surface area contributed by atoms with Crippen LogP contribution in [-0.2, 0) is 4.79 Å². The summed E-state index contributed by atoms with van der Waals surface area (Å²) in [4.78, 5) is 11.2. The molecule has 2 rings (SSSR count). The van der Waals surface area contributed by atoms with E-state index in [1.54, 1.807) is 0 Å². The molecule has 2 aromatic rings. The average molecular weight is 254 g/mol. The van der Waals surface area contributed by atoms with Gasteiger partial charge in [-0.2, -0.15) is 0 Å². The molecule has 0 fully saturated rings. The molecule has 0 unspecified atom stereocenters. The van der Waals surface area contributed by atoms with Crippen molar-refractivity contribution in [3.63, 3.8) is 0 Å². The van der Waals surface area contributed by atoms with E-state index in [9.17, 15) is 9.90 Å². The summed E-state index contributed by atoms with van der Waals surface area (Å²) in [6, 6.07) is 17.9. The Labute approximate surface area is 113 Å². The van der Waals surface area contributed by atoms with Crippen LogP contribution in [0.15, 0.2) is 54.6 Å². The van der Waals surface area contributed by atoms with Crippen molar-refractivity contribution in [2.45, 2.75) is 25.7 Å². The van der Waals surface area contributed by atoms with Crippen molar-refractivity contribution in [1.82, 2.24) is 0 Å². The van der Waals surface area contributed by atoms with Crippen LogP contribution < -0.4 is 0 Å². The molecule has 0 saturated carbocycles. The fourth-order valence-corrected chi connectivity index (χ4v) is 2.26. The fraction of sp³-hybridized carbons (Fsp3) is 0.235. The van der Waals surface area contributed by atoms with E-state index in [4.69, 9.17) is 0 Å². The maximum atomic E-state index is 11.2. The quantitative estimate of drug-likeness (QED) is 0.862. The molecular formula is C17H18O2. The van der Waals surface area contributed by atoms with Crippen molar-refractivity contribution in [2.75, 3.05) is 0 Å². The van der Waals surface area contributed by atoms with Gasteiger partial charge in [-0.05, 0) is 23.1 Å². The second-order valence-electron chi connectivity index (χ2n) is 4.67. The maximum Gasteiger partial charge on any atom is 0.310 e. The number of rotatable bonds is 5. The highest BCUT2D eigenvalue weighted by Crippen LogP contribution is 2.25. The van der Waals surface area contributed by atoms with Crippen LogP contribution in [0.2, 0.25) is 0 Å². The molecule has 0 spiro atoms. The van der Waals surface area contributed by atoms with E-state index in [-0.39, 0.29) is 0 Å². The first kappa shape index (κ1) is 13.3. The van der Waals surface area contributed by atoms with Crippen LogP contribution in [-0.4, -0.2) is 11.1 Å². The average Bonchev–Trinajstić information content (AvgIpc) is 2.46. The highest BCUT2D eigenvalue weighted by molar-refractivity contribution is 5.76. The molecule has 0 aliphatic heterocycles. The summed E-state index contributed by atoms with van der Waals surface area (Å²) >= 11 is 0. The van der Waals surface area contributed by atoms with Crippen LogP contribution in [0, 0.1) is 0 Å². The van der Waals surface area contributed by atoms with Gasteiger partial charge < -0.3 is 5.11 Å². The molecule has 2 aromatic carbocycles. The number of carbonyl (C=O) groups is 1. The van der Waals surface area contributed by atoms with E-state index in [0.717, 1.165) is 23.1 Å². The van der Waals surface area contributed by atoms with Gasteiger partial charge >= 0.3 is 5.97 Å².